The lowest BCUT2D eigenvalue weighted by Crippen LogP contribution is -2.33. The smallest absolute Gasteiger partial charge is 0.242 e. The van der Waals surface area contributed by atoms with Crippen LogP contribution in [-0.4, -0.2) is 31.6 Å². The van der Waals surface area contributed by atoms with Crippen LogP contribution in [0.2, 0.25) is 10.0 Å². The monoisotopic (exact) mass is 357 g/mol. The van der Waals surface area contributed by atoms with Gasteiger partial charge in [-0.25, -0.2) is 13.1 Å². The molecular weight excluding hydrogens is 341 g/mol. The summed E-state index contributed by atoms with van der Waals surface area (Å²) in [6.07, 6.45) is 2.67. The number of hydrogen-bond donors (Lipinski definition) is 2. The van der Waals surface area contributed by atoms with E-state index in [4.69, 9.17) is 23.2 Å². The van der Waals surface area contributed by atoms with E-state index in [1.807, 2.05) is 6.26 Å². The lowest BCUT2D eigenvalue weighted by atomic mass is 10.2. The van der Waals surface area contributed by atoms with Gasteiger partial charge in [-0.15, -0.1) is 0 Å². The van der Waals surface area contributed by atoms with Crippen molar-refractivity contribution in [1.29, 1.82) is 0 Å². The highest BCUT2D eigenvalue weighted by atomic mass is 35.5. The maximum absolute atomic E-state index is 12.3. The highest BCUT2D eigenvalue weighted by Gasteiger charge is 2.22. The average Bonchev–Trinajstić information content (AvgIpc) is 2.37. The Kier molecular flexibility index (Phi) is 7.11. The first kappa shape index (κ1) is 18.1. The summed E-state index contributed by atoms with van der Waals surface area (Å²) in [5, 5.41) is 9.39. The summed E-state index contributed by atoms with van der Waals surface area (Å²) in [7, 11) is -3.76. The van der Waals surface area contributed by atoms with Crippen molar-refractivity contribution in [2.75, 3.05) is 12.0 Å². The summed E-state index contributed by atoms with van der Waals surface area (Å²) in [4.78, 5) is -0.105. The summed E-state index contributed by atoms with van der Waals surface area (Å²) in [6.45, 7) is 1.42. The number of nitrogens with one attached hydrogen (secondary N) is 1. The molecule has 2 N–H and O–H groups in total. The van der Waals surface area contributed by atoms with E-state index in [0.717, 1.165) is 5.75 Å². The molecule has 1 rings (SSSR count). The van der Waals surface area contributed by atoms with Gasteiger partial charge in [0.15, 0.2) is 0 Å². The number of aliphatic hydroxyl groups is 1. The van der Waals surface area contributed by atoms with Crippen molar-refractivity contribution < 1.29 is 13.5 Å². The van der Waals surface area contributed by atoms with Crippen molar-refractivity contribution in [3.05, 3.63) is 27.7 Å². The van der Waals surface area contributed by atoms with Crippen LogP contribution in [0.25, 0.3) is 0 Å². The molecule has 1 aromatic carbocycles. The molecule has 0 saturated carbocycles. The minimum absolute atomic E-state index is 0.00136. The molecule has 1 unspecified atom stereocenters. The summed E-state index contributed by atoms with van der Waals surface area (Å²) in [6, 6.07) is 2.52. The molecule has 0 aromatic heterocycles. The number of sulfonamides is 1. The zero-order chi connectivity index (χ0) is 15.3. The predicted molar refractivity (Wildman–Crippen MR) is 85.2 cm³/mol. The standard InChI is InChI=1S/C12H17Cl2NO3S2/c1-8(3-4-19-2)15-20(17,18)11-6-10(13)5-9(7-16)12(11)14/h5-6,8,15-16H,3-4,7H2,1-2H3. The first-order valence-electron chi connectivity index (χ1n) is 5.92. The summed E-state index contributed by atoms with van der Waals surface area (Å²) >= 11 is 13.5. The Hall–Kier alpha value is 0.0200. The molecule has 4 nitrogen and oxygen atoms in total. The van der Waals surface area contributed by atoms with Crippen LogP contribution in [0.1, 0.15) is 18.9 Å². The number of hydrogen-bond acceptors (Lipinski definition) is 4. The number of halogens is 2. The van der Waals surface area contributed by atoms with Crippen molar-refractivity contribution in [3.8, 4) is 0 Å². The number of rotatable bonds is 7. The van der Waals surface area contributed by atoms with Crippen LogP contribution >= 0.6 is 35.0 Å². The van der Waals surface area contributed by atoms with Crippen LogP contribution in [0.15, 0.2) is 17.0 Å². The zero-order valence-electron chi connectivity index (χ0n) is 11.2. The molecule has 0 fully saturated rings. The maximum Gasteiger partial charge on any atom is 0.242 e. The van der Waals surface area contributed by atoms with Gasteiger partial charge in [0, 0.05) is 11.1 Å². The molecule has 0 aliphatic rings. The van der Waals surface area contributed by atoms with E-state index >= 15 is 0 Å². The van der Waals surface area contributed by atoms with Crippen molar-refractivity contribution in [3.63, 3.8) is 0 Å². The van der Waals surface area contributed by atoms with Crippen LogP contribution < -0.4 is 4.72 Å². The molecule has 114 valence electrons. The second kappa shape index (κ2) is 7.87. The van der Waals surface area contributed by atoms with E-state index in [1.54, 1.807) is 18.7 Å². The SMILES string of the molecule is CSCCC(C)NS(=O)(=O)c1cc(Cl)cc(CO)c1Cl. The first-order valence-corrected chi connectivity index (χ1v) is 9.55. The Morgan fingerprint density at radius 2 is 2.05 bits per heavy atom. The Morgan fingerprint density at radius 3 is 2.60 bits per heavy atom. The largest absolute Gasteiger partial charge is 0.392 e. The van der Waals surface area contributed by atoms with Gasteiger partial charge >= 0.3 is 0 Å². The molecule has 0 saturated heterocycles. The van der Waals surface area contributed by atoms with E-state index in [-0.39, 0.29) is 33.2 Å². The third-order valence-electron chi connectivity index (χ3n) is 2.65. The van der Waals surface area contributed by atoms with Crippen LogP contribution in [0.3, 0.4) is 0 Å². The third-order valence-corrected chi connectivity index (χ3v) is 5.68. The van der Waals surface area contributed by atoms with Gasteiger partial charge in [-0.3, -0.25) is 0 Å². The van der Waals surface area contributed by atoms with Gasteiger partial charge in [-0.1, -0.05) is 23.2 Å². The third kappa shape index (κ3) is 4.79. The van der Waals surface area contributed by atoms with E-state index in [0.29, 0.717) is 6.42 Å². The van der Waals surface area contributed by atoms with Crippen LogP contribution in [0.4, 0.5) is 0 Å². The molecule has 0 bridgehead atoms. The molecular formula is C12H17Cl2NO3S2. The molecule has 0 aliphatic heterocycles. The molecule has 0 spiro atoms. The normalized spacial score (nSPS) is 13.4. The fourth-order valence-electron chi connectivity index (χ4n) is 1.61. The summed E-state index contributed by atoms with van der Waals surface area (Å²) in [5.41, 5.74) is 0.288. The number of thioether (sulfide) groups is 1. The van der Waals surface area contributed by atoms with Crippen molar-refractivity contribution in [2.24, 2.45) is 0 Å². The van der Waals surface area contributed by atoms with Gasteiger partial charge in [-0.2, -0.15) is 11.8 Å². The van der Waals surface area contributed by atoms with Crippen molar-refractivity contribution >= 4 is 45.0 Å². The van der Waals surface area contributed by atoms with Gasteiger partial charge in [0.25, 0.3) is 0 Å². The van der Waals surface area contributed by atoms with Crippen LogP contribution in [-0.2, 0) is 16.6 Å². The van der Waals surface area contributed by atoms with Crippen LogP contribution in [0, 0.1) is 0 Å². The lowest BCUT2D eigenvalue weighted by molar-refractivity contribution is 0.281. The maximum atomic E-state index is 12.3. The van der Waals surface area contributed by atoms with E-state index < -0.39 is 10.0 Å². The molecule has 0 amide bonds. The zero-order valence-corrected chi connectivity index (χ0v) is 14.3. The highest BCUT2D eigenvalue weighted by Crippen LogP contribution is 2.29. The van der Waals surface area contributed by atoms with E-state index in [1.165, 1.54) is 12.1 Å². The number of aliphatic hydroxyl groups excluding tert-OH is 1. The van der Waals surface area contributed by atoms with Crippen molar-refractivity contribution in [2.45, 2.75) is 30.9 Å². The second-order valence-corrected chi connectivity index (χ2v) is 7.82. The first-order chi connectivity index (χ1) is 9.31. The van der Waals surface area contributed by atoms with Gasteiger partial charge in [-0.05, 0) is 43.0 Å². The minimum atomic E-state index is -3.76. The molecule has 0 radical (unpaired) electrons. The molecule has 20 heavy (non-hydrogen) atoms. The Morgan fingerprint density at radius 1 is 1.40 bits per heavy atom. The van der Waals surface area contributed by atoms with Gasteiger partial charge in [0.1, 0.15) is 4.90 Å². The van der Waals surface area contributed by atoms with E-state index in [2.05, 4.69) is 4.72 Å². The topological polar surface area (TPSA) is 66.4 Å². The molecule has 0 aliphatic carbocycles. The van der Waals surface area contributed by atoms with Gasteiger partial charge in [0.05, 0.1) is 11.6 Å². The van der Waals surface area contributed by atoms with Gasteiger partial charge in [0.2, 0.25) is 10.0 Å². The lowest BCUT2D eigenvalue weighted by Gasteiger charge is -2.15. The van der Waals surface area contributed by atoms with E-state index in [9.17, 15) is 13.5 Å². The molecule has 0 heterocycles. The highest BCUT2D eigenvalue weighted by molar-refractivity contribution is 7.98. The van der Waals surface area contributed by atoms with Crippen LogP contribution in [0.5, 0.6) is 0 Å². The minimum Gasteiger partial charge on any atom is -0.392 e. The molecule has 1 atom stereocenters. The number of benzene rings is 1. The predicted octanol–water partition coefficient (Wildman–Crippen LogP) is 2.91. The fraction of sp³-hybridized carbons (Fsp3) is 0.500. The van der Waals surface area contributed by atoms with Gasteiger partial charge < -0.3 is 5.11 Å². The quantitative estimate of drug-likeness (QED) is 0.787. The Labute approximate surface area is 133 Å². The van der Waals surface area contributed by atoms with Crippen molar-refractivity contribution in [1.82, 2.24) is 4.72 Å². The molecule has 1 aromatic rings. The summed E-state index contributed by atoms with van der Waals surface area (Å²) < 4.78 is 27.2. The molecule has 8 heteroatoms. The Balaban J connectivity index is 3.06. The average molecular weight is 358 g/mol. The second-order valence-electron chi connectivity index (χ2n) is 4.34. The fourth-order valence-corrected chi connectivity index (χ4v) is 4.40. The summed E-state index contributed by atoms with van der Waals surface area (Å²) in [5.74, 6) is 0.856. The Bertz CT molecular complexity index is 564.